The minimum absolute atomic E-state index is 0.0260. The molecule has 1 aromatic carbocycles. The number of benzene rings is 1. The van der Waals surface area contributed by atoms with E-state index in [0.717, 1.165) is 17.7 Å². The zero-order valence-electron chi connectivity index (χ0n) is 20.5. The molecule has 0 saturated heterocycles. The molecule has 1 amide bonds. The summed E-state index contributed by atoms with van der Waals surface area (Å²) in [5, 5.41) is 7.55. The highest BCUT2D eigenvalue weighted by atomic mass is 32.2. The lowest BCUT2D eigenvalue weighted by molar-refractivity contribution is -0.116. The van der Waals surface area contributed by atoms with E-state index in [-0.39, 0.29) is 22.4 Å². The van der Waals surface area contributed by atoms with Gasteiger partial charge in [-0.2, -0.15) is 5.10 Å². The normalized spacial score (nSPS) is 14.3. The Kier molecular flexibility index (Phi) is 7.49. The first kappa shape index (κ1) is 25.5. The number of allylic oxidation sites excluding steroid dienone is 2. The third-order valence-electron chi connectivity index (χ3n) is 6.37. The van der Waals surface area contributed by atoms with Gasteiger partial charge in [-0.25, -0.2) is 17.5 Å². The molecule has 1 N–H and O–H groups in total. The Labute approximate surface area is 210 Å². The van der Waals surface area contributed by atoms with Gasteiger partial charge in [0.05, 0.1) is 34.3 Å². The van der Waals surface area contributed by atoms with Crippen molar-refractivity contribution >= 4 is 27.4 Å². The van der Waals surface area contributed by atoms with Gasteiger partial charge in [0, 0.05) is 23.5 Å². The van der Waals surface area contributed by atoms with Crippen LogP contribution in [0.15, 0.2) is 65.5 Å². The predicted molar refractivity (Wildman–Crippen MR) is 138 cm³/mol. The van der Waals surface area contributed by atoms with Crippen molar-refractivity contribution in [2.75, 3.05) is 5.75 Å². The Bertz CT molecular complexity index is 1440. The molecule has 9 heteroatoms. The molecule has 0 spiro atoms. The van der Waals surface area contributed by atoms with E-state index in [9.17, 15) is 17.6 Å². The molecule has 188 valence electrons. The van der Waals surface area contributed by atoms with Gasteiger partial charge in [0.1, 0.15) is 5.82 Å². The number of hydrogen-bond acceptors (Lipinski definition) is 5. The van der Waals surface area contributed by atoms with Crippen LogP contribution in [0.2, 0.25) is 0 Å². The van der Waals surface area contributed by atoms with Crippen molar-refractivity contribution in [3.63, 3.8) is 0 Å². The van der Waals surface area contributed by atoms with Gasteiger partial charge >= 0.3 is 0 Å². The van der Waals surface area contributed by atoms with Gasteiger partial charge in [-0.3, -0.25) is 9.78 Å². The molecule has 7 nitrogen and oxygen atoms in total. The molecule has 1 unspecified atom stereocenters. The Hall–Kier alpha value is -3.59. The molecule has 2 aromatic heterocycles. The number of rotatable bonds is 8. The lowest BCUT2D eigenvalue weighted by atomic mass is 10.0. The van der Waals surface area contributed by atoms with Crippen molar-refractivity contribution in [2.45, 2.75) is 51.0 Å². The lowest BCUT2D eigenvalue weighted by Crippen LogP contribution is -2.29. The van der Waals surface area contributed by atoms with E-state index in [2.05, 4.69) is 22.3 Å². The fourth-order valence-corrected chi connectivity index (χ4v) is 5.04. The third-order valence-corrected chi connectivity index (χ3v) is 8.07. The molecule has 3 aromatic rings. The van der Waals surface area contributed by atoms with Gasteiger partial charge in [0.15, 0.2) is 9.84 Å². The summed E-state index contributed by atoms with van der Waals surface area (Å²) in [5.41, 5.74) is 4.37. The first-order chi connectivity index (χ1) is 17.3. The fraction of sp³-hybridized carbons (Fsp3) is 0.296. The van der Waals surface area contributed by atoms with Crippen molar-refractivity contribution in [3.8, 4) is 5.69 Å². The van der Waals surface area contributed by atoms with Crippen molar-refractivity contribution in [1.29, 1.82) is 0 Å². The van der Waals surface area contributed by atoms with Crippen LogP contribution >= 0.6 is 0 Å². The number of fused-ring (bicyclic) bond motifs is 1. The summed E-state index contributed by atoms with van der Waals surface area (Å²) in [5.74, 6) is -0.643. The van der Waals surface area contributed by atoms with E-state index in [1.54, 1.807) is 42.2 Å². The molecular weight excluding hydrogens is 479 g/mol. The Morgan fingerprint density at radius 2 is 1.89 bits per heavy atom. The molecule has 0 bridgehead atoms. The van der Waals surface area contributed by atoms with Crippen LogP contribution in [0.3, 0.4) is 0 Å². The second-order valence-electron chi connectivity index (χ2n) is 8.60. The Morgan fingerprint density at radius 1 is 1.14 bits per heavy atom. The van der Waals surface area contributed by atoms with Crippen LogP contribution in [0.25, 0.3) is 17.3 Å². The largest absolute Gasteiger partial charge is 0.345 e. The first-order valence-corrected chi connectivity index (χ1v) is 13.6. The maximum Gasteiger partial charge on any atom is 0.252 e. The third kappa shape index (κ3) is 5.16. The summed E-state index contributed by atoms with van der Waals surface area (Å²) in [4.78, 5) is 17.8. The highest BCUT2D eigenvalue weighted by Crippen LogP contribution is 2.31. The smallest absolute Gasteiger partial charge is 0.252 e. The molecule has 0 aliphatic heterocycles. The predicted octanol–water partition coefficient (Wildman–Crippen LogP) is 5.05. The van der Waals surface area contributed by atoms with E-state index >= 15 is 0 Å². The van der Waals surface area contributed by atoms with Crippen LogP contribution in [0.5, 0.6) is 0 Å². The topological polar surface area (TPSA) is 93.9 Å². The summed E-state index contributed by atoms with van der Waals surface area (Å²) in [7, 11) is -3.42. The summed E-state index contributed by atoms with van der Waals surface area (Å²) >= 11 is 0. The number of halogens is 1. The molecule has 0 radical (unpaired) electrons. The number of hydrogen-bond donors (Lipinski definition) is 1. The number of carbonyl (C=O) groups excluding carboxylic acids is 1. The van der Waals surface area contributed by atoms with E-state index in [1.165, 1.54) is 18.3 Å². The van der Waals surface area contributed by atoms with Crippen LogP contribution in [0, 0.1) is 5.82 Å². The number of carbonyl (C=O) groups is 1. The monoisotopic (exact) mass is 508 g/mol. The highest BCUT2D eigenvalue weighted by molar-refractivity contribution is 7.91. The van der Waals surface area contributed by atoms with Crippen molar-refractivity contribution in [2.24, 2.45) is 0 Å². The Balaban J connectivity index is 1.68. The standard InChI is InChI=1S/C27H29FN4O3S/c1-4-18-7-12-23(24-17-30-32(26(24)13-18)21-10-8-20(28)9-11-21)27(33)31-25(5-2)19-14-22(16-29-15-19)36(34,35)6-3/h8-17,25H,4-7H2,1-3H3,(H,31,33). The Morgan fingerprint density at radius 3 is 2.56 bits per heavy atom. The van der Waals surface area contributed by atoms with Crippen LogP contribution in [0.1, 0.15) is 62.9 Å². The second-order valence-corrected chi connectivity index (χ2v) is 10.9. The minimum Gasteiger partial charge on any atom is -0.345 e. The van der Waals surface area contributed by atoms with Gasteiger partial charge < -0.3 is 5.32 Å². The average molecular weight is 509 g/mol. The molecule has 2 heterocycles. The number of pyridine rings is 1. The lowest BCUT2D eigenvalue weighted by Gasteiger charge is -2.19. The van der Waals surface area contributed by atoms with Crippen LogP contribution < -0.4 is 5.32 Å². The quantitative estimate of drug-likeness (QED) is 0.460. The van der Waals surface area contributed by atoms with Gasteiger partial charge in [-0.1, -0.05) is 32.4 Å². The van der Waals surface area contributed by atoms with Crippen LogP contribution in [0.4, 0.5) is 4.39 Å². The van der Waals surface area contributed by atoms with E-state index < -0.39 is 15.9 Å². The summed E-state index contributed by atoms with van der Waals surface area (Å²) < 4.78 is 39.9. The molecule has 1 atom stereocenters. The van der Waals surface area contributed by atoms with Gasteiger partial charge in [0.25, 0.3) is 5.91 Å². The van der Waals surface area contributed by atoms with E-state index in [0.29, 0.717) is 35.2 Å². The van der Waals surface area contributed by atoms with E-state index in [1.807, 2.05) is 19.1 Å². The second kappa shape index (κ2) is 10.6. The number of nitrogens with zero attached hydrogens (tertiary/aromatic N) is 3. The average Bonchev–Trinajstić information content (AvgIpc) is 3.20. The summed E-state index contributed by atoms with van der Waals surface area (Å²) in [6.45, 7) is 5.56. The van der Waals surface area contributed by atoms with E-state index in [4.69, 9.17) is 0 Å². The minimum atomic E-state index is -3.42. The van der Waals surface area contributed by atoms with Crippen molar-refractivity contribution < 1.29 is 17.6 Å². The van der Waals surface area contributed by atoms with Gasteiger partial charge in [-0.05, 0) is 61.2 Å². The molecular formula is C27H29FN4O3S. The maximum atomic E-state index is 13.6. The molecule has 0 fully saturated rings. The molecule has 36 heavy (non-hydrogen) atoms. The fourth-order valence-electron chi connectivity index (χ4n) is 4.17. The highest BCUT2D eigenvalue weighted by Gasteiger charge is 2.25. The zero-order chi connectivity index (χ0) is 25.9. The summed E-state index contributed by atoms with van der Waals surface area (Å²) in [6.07, 6.45) is 10.5. The first-order valence-electron chi connectivity index (χ1n) is 12.0. The molecule has 1 aliphatic carbocycles. The van der Waals surface area contributed by atoms with Gasteiger partial charge in [-0.15, -0.1) is 0 Å². The van der Waals surface area contributed by atoms with Crippen molar-refractivity contribution in [3.05, 3.63) is 83.2 Å². The molecule has 0 saturated carbocycles. The maximum absolute atomic E-state index is 13.6. The van der Waals surface area contributed by atoms with Crippen LogP contribution in [-0.4, -0.2) is 34.8 Å². The van der Waals surface area contributed by atoms with Crippen molar-refractivity contribution in [1.82, 2.24) is 20.1 Å². The number of sulfone groups is 1. The number of nitrogens with one attached hydrogen (secondary N) is 1. The molecule has 4 rings (SSSR count). The number of amides is 1. The SMILES string of the molecule is CCC1=Cc2c(cnn2-c2ccc(F)cc2)C(C(=O)NC(CC)c2cncc(S(=O)(=O)CC)c2)=CC1. The zero-order valence-corrected chi connectivity index (χ0v) is 21.3. The van der Waals surface area contributed by atoms with Gasteiger partial charge in [0.2, 0.25) is 0 Å². The van der Waals surface area contributed by atoms with Crippen LogP contribution in [-0.2, 0) is 14.6 Å². The molecule has 1 aliphatic rings. The summed E-state index contributed by atoms with van der Waals surface area (Å²) in [6, 6.07) is 7.20. The number of aromatic nitrogens is 3.